The predicted molar refractivity (Wildman–Crippen MR) is 107 cm³/mol. The Balaban J connectivity index is 1.85. The maximum Gasteiger partial charge on any atom is 0.257 e. The highest BCUT2D eigenvalue weighted by Crippen LogP contribution is 2.38. The number of anilines is 1. The van der Waals surface area contributed by atoms with Gasteiger partial charge in [-0.2, -0.15) is 0 Å². The molecule has 0 spiro atoms. The fraction of sp³-hybridized carbons (Fsp3) is 0.158. The van der Waals surface area contributed by atoms with Crippen molar-refractivity contribution in [2.24, 2.45) is 0 Å². The van der Waals surface area contributed by atoms with Gasteiger partial charge in [-0.15, -0.1) is 11.3 Å². The van der Waals surface area contributed by atoms with Crippen LogP contribution < -0.4 is 19.5 Å². The van der Waals surface area contributed by atoms with Gasteiger partial charge in [0, 0.05) is 21.5 Å². The summed E-state index contributed by atoms with van der Waals surface area (Å²) >= 11 is 7.52. The number of nitrogens with zero attached hydrogens (tertiary/aromatic N) is 1. The van der Waals surface area contributed by atoms with Gasteiger partial charge >= 0.3 is 0 Å². The monoisotopic (exact) mass is 404 g/mol. The first-order valence-electron chi connectivity index (χ1n) is 7.89. The lowest BCUT2D eigenvalue weighted by Crippen LogP contribution is -2.12. The van der Waals surface area contributed by atoms with Crippen molar-refractivity contribution in [3.63, 3.8) is 0 Å². The fourth-order valence-electron chi connectivity index (χ4n) is 2.51. The second-order valence-corrected chi connectivity index (χ2v) is 6.65. The first kappa shape index (κ1) is 19.0. The Bertz CT molecular complexity index is 949. The average molecular weight is 405 g/mol. The molecule has 0 fully saturated rings. The van der Waals surface area contributed by atoms with Crippen molar-refractivity contribution in [1.82, 2.24) is 4.98 Å². The molecule has 8 heteroatoms. The third-order valence-electron chi connectivity index (χ3n) is 3.80. The summed E-state index contributed by atoms with van der Waals surface area (Å²) in [5.74, 6) is 0.886. The lowest BCUT2D eigenvalue weighted by atomic mass is 10.1. The van der Waals surface area contributed by atoms with Crippen molar-refractivity contribution in [3.8, 4) is 28.5 Å². The van der Waals surface area contributed by atoms with Crippen LogP contribution in [0.1, 0.15) is 10.4 Å². The summed E-state index contributed by atoms with van der Waals surface area (Å²) in [6, 6.07) is 10.6. The van der Waals surface area contributed by atoms with Crippen LogP contribution in [-0.2, 0) is 0 Å². The number of carbonyl (C=O) groups excluding carboxylic acids is 1. The number of nitrogens with one attached hydrogen (secondary N) is 1. The van der Waals surface area contributed by atoms with E-state index in [9.17, 15) is 4.79 Å². The standard InChI is InChI=1S/C19H17ClN2O4S/c1-24-15-8-11(9-16(25-2)17(15)26-3)18(23)22-19-21-14(10-27-19)12-6-4-5-7-13(12)20/h4-10H,1-3H3,(H,21,22,23). The molecule has 1 aromatic heterocycles. The van der Waals surface area contributed by atoms with Crippen LogP contribution in [0.15, 0.2) is 41.8 Å². The molecule has 0 aliphatic rings. The van der Waals surface area contributed by atoms with Crippen LogP contribution in [0, 0.1) is 0 Å². The molecule has 140 valence electrons. The van der Waals surface area contributed by atoms with E-state index in [0.29, 0.717) is 38.7 Å². The van der Waals surface area contributed by atoms with Crippen molar-refractivity contribution >= 4 is 34.0 Å². The van der Waals surface area contributed by atoms with Gasteiger partial charge < -0.3 is 14.2 Å². The minimum atomic E-state index is -0.339. The van der Waals surface area contributed by atoms with Gasteiger partial charge in [0.15, 0.2) is 16.6 Å². The first-order valence-corrected chi connectivity index (χ1v) is 9.15. The fourth-order valence-corrected chi connectivity index (χ4v) is 3.44. The smallest absolute Gasteiger partial charge is 0.257 e. The van der Waals surface area contributed by atoms with Gasteiger partial charge in [-0.05, 0) is 18.2 Å². The topological polar surface area (TPSA) is 69.7 Å². The molecule has 0 radical (unpaired) electrons. The Morgan fingerprint density at radius 3 is 2.33 bits per heavy atom. The lowest BCUT2D eigenvalue weighted by molar-refractivity contribution is 0.102. The molecule has 0 saturated heterocycles. The van der Waals surface area contributed by atoms with E-state index in [1.807, 2.05) is 23.6 Å². The summed E-state index contributed by atoms with van der Waals surface area (Å²) in [7, 11) is 4.50. The minimum absolute atomic E-state index is 0.339. The van der Waals surface area contributed by atoms with Crippen LogP contribution in [0.5, 0.6) is 17.2 Å². The van der Waals surface area contributed by atoms with E-state index in [0.717, 1.165) is 5.56 Å². The van der Waals surface area contributed by atoms with Crippen LogP contribution in [0.25, 0.3) is 11.3 Å². The van der Waals surface area contributed by atoms with Crippen LogP contribution >= 0.6 is 22.9 Å². The average Bonchev–Trinajstić information content (AvgIpc) is 3.15. The highest BCUT2D eigenvalue weighted by atomic mass is 35.5. The summed E-state index contributed by atoms with van der Waals surface area (Å²) in [5.41, 5.74) is 1.87. The van der Waals surface area contributed by atoms with E-state index in [4.69, 9.17) is 25.8 Å². The van der Waals surface area contributed by atoms with Gasteiger partial charge in [0.2, 0.25) is 5.75 Å². The van der Waals surface area contributed by atoms with Crippen LogP contribution in [-0.4, -0.2) is 32.2 Å². The molecule has 3 rings (SSSR count). The summed E-state index contributed by atoms with van der Waals surface area (Å²) in [5, 5.41) is 5.68. The molecular formula is C19H17ClN2O4S. The molecule has 1 amide bonds. The number of carbonyl (C=O) groups is 1. The second kappa shape index (κ2) is 8.28. The van der Waals surface area contributed by atoms with Gasteiger partial charge in [0.25, 0.3) is 5.91 Å². The normalized spacial score (nSPS) is 10.4. The number of methoxy groups -OCH3 is 3. The zero-order chi connectivity index (χ0) is 19.4. The van der Waals surface area contributed by atoms with Crippen molar-refractivity contribution in [3.05, 3.63) is 52.4 Å². The number of thiazole rings is 1. The second-order valence-electron chi connectivity index (χ2n) is 5.39. The molecule has 6 nitrogen and oxygen atoms in total. The number of halogens is 1. The van der Waals surface area contributed by atoms with Gasteiger partial charge in [-0.25, -0.2) is 4.98 Å². The first-order chi connectivity index (χ1) is 13.1. The maximum absolute atomic E-state index is 12.6. The molecule has 0 bridgehead atoms. The zero-order valence-corrected chi connectivity index (χ0v) is 16.5. The Labute approximate surface area is 165 Å². The highest BCUT2D eigenvalue weighted by molar-refractivity contribution is 7.14. The molecular weight excluding hydrogens is 388 g/mol. The molecule has 0 atom stereocenters. The van der Waals surface area contributed by atoms with E-state index >= 15 is 0 Å². The Morgan fingerprint density at radius 2 is 1.74 bits per heavy atom. The Hall–Kier alpha value is -2.77. The highest BCUT2D eigenvalue weighted by Gasteiger charge is 2.18. The lowest BCUT2D eigenvalue weighted by Gasteiger charge is -2.13. The van der Waals surface area contributed by atoms with E-state index in [1.165, 1.54) is 32.7 Å². The number of amides is 1. The van der Waals surface area contributed by atoms with E-state index < -0.39 is 0 Å². The number of benzene rings is 2. The number of ether oxygens (including phenoxy) is 3. The van der Waals surface area contributed by atoms with Crippen molar-refractivity contribution in [2.45, 2.75) is 0 Å². The van der Waals surface area contributed by atoms with Crippen LogP contribution in [0.4, 0.5) is 5.13 Å². The summed E-state index contributed by atoms with van der Waals surface area (Å²) < 4.78 is 15.8. The van der Waals surface area contributed by atoms with Crippen molar-refractivity contribution < 1.29 is 19.0 Å². The maximum atomic E-state index is 12.6. The van der Waals surface area contributed by atoms with E-state index in [2.05, 4.69) is 10.3 Å². The Kier molecular flexibility index (Phi) is 5.83. The van der Waals surface area contributed by atoms with E-state index in [1.54, 1.807) is 18.2 Å². The van der Waals surface area contributed by atoms with Crippen molar-refractivity contribution in [1.29, 1.82) is 0 Å². The largest absolute Gasteiger partial charge is 0.493 e. The van der Waals surface area contributed by atoms with Crippen LogP contribution in [0.3, 0.4) is 0 Å². The number of hydrogen-bond donors (Lipinski definition) is 1. The molecule has 0 aliphatic heterocycles. The molecule has 1 N–H and O–H groups in total. The molecule has 0 aliphatic carbocycles. The third-order valence-corrected chi connectivity index (χ3v) is 4.89. The van der Waals surface area contributed by atoms with Gasteiger partial charge in [0.05, 0.1) is 27.0 Å². The molecule has 2 aromatic carbocycles. The quantitative estimate of drug-likeness (QED) is 0.642. The van der Waals surface area contributed by atoms with Gasteiger partial charge in [-0.1, -0.05) is 29.8 Å². The summed E-state index contributed by atoms with van der Waals surface area (Å²) in [6.07, 6.45) is 0. The molecule has 1 heterocycles. The third kappa shape index (κ3) is 3.99. The van der Waals surface area contributed by atoms with Crippen molar-refractivity contribution in [2.75, 3.05) is 26.6 Å². The van der Waals surface area contributed by atoms with Crippen LogP contribution in [0.2, 0.25) is 5.02 Å². The molecule has 3 aromatic rings. The number of rotatable bonds is 6. The number of hydrogen-bond acceptors (Lipinski definition) is 6. The van der Waals surface area contributed by atoms with Gasteiger partial charge in [0.1, 0.15) is 0 Å². The van der Waals surface area contributed by atoms with E-state index in [-0.39, 0.29) is 5.91 Å². The van der Waals surface area contributed by atoms with Gasteiger partial charge in [-0.3, -0.25) is 10.1 Å². The minimum Gasteiger partial charge on any atom is -0.493 e. The number of aromatic nitrogens is 1. The predicted octanol–water partition coefficient (Wildman–Crippen LogP) is 4.74. The summed E-state index contributed by atoms with van der Waals surface area (Å²) in [4.78, 5) is 17.1. The Morgan fingerprint density at radius 1 is 1.07 bits per heavy atom. The zero-order valence-electron chi connectivity index (χ0n) is 14.9. The molecule has 0 unspecified atom stereocenters. The SMILES string of the molecule is COc1cc(C(=O)Nc2nc(-c3ccccc3Cl)cs2)cc(OC)c1OC. The molecule has 0 saturated carbocycles. The molecule has 27 heavy (non-hydrogen) atoms. The summed E-state index contributed by atoms with van der Waals surface area (Å²) in [6.45, 7) is 0.